The Hall–Kier alpha value is -1.59. The summed E-state index contributed by atoms with van der Waals surface area (Å²) in [5, 5.41) is 1.66. The molecule has 0 atom stereocenters. The molecule has 1 aromatic heterocycles. The normalized spacial score (nSPS) is 10.3. The number of esters is 1. The first-order valence-electron chi connectivity index (χ1n) is 5.02. The summed E-state index contributed by atoms with van der Waals surface area (Å²) in [5.74, 6) is -1.08. The van der Waals surface area contributed by atoms with Crippen molar-refractivity contribution in [1.29, 1.82) is 0 Å². The highest BCUT2D eigenvalue weighted by Crippen LogP contribution is 2.23. The highest BCUT2D eigenvalue weighted by Gasteiger charge is 2.14. The van der Waals surface area contributed by atoms with E-state index in [1.54, 1.807) is 17.5 Å². The monoisotopic (exact) mass is 285 g/mol. The molecular weight excluding hydrogens is 277 g/mol. The summed E-state index contributed by atoms with van der Waals surface area (Å²) in [7, 11) is 0. The van der Waals surface area contributed by atoms with Gasteiger partial charge in [0.1, 0.15) is 17.3 Å². The third kappa shape index (κ3) is 2.63. The fourth-order valence-electron chi connectivity index (χ4n) is 1.35. The zero-order valence-electron chi connectivity index (χ0n) is 9.15. The first-order chi connectivity index (χ1) is 8.59. The van der Waals surface area contributed by atoms with E-state index >= 15 is 0 Å². The van der Waals surface area contributed by atoms with E-state index in [2.05, 4.69) is 0 Å². The number of thiophene rings is 1. The summed E-state index contributed by atoms with van der Waals surface area (Å²) in [4.78, 5) is 12.0. The van der Waals surface area contributed by atoms with Crippen LogP contribution in [0.4, 0.5) is 10.1 Å². The van der Waals surface area contributed by atoms with E-state index in [9.17, 15) is 9.18 Å². The summed E-state index contributed by atoms with van der Waals surface area (Å²) in [6, 6.07) is 5.96. The van der Waals surface area contributed by atoms with E-state index in [1.807, 2.05) is 0 Å². The van der Waals surface area contributed by atoms with Crippen molar-refractivity contribution < 1.29 is 13.9 Å². The van der Waals surface area contributed by atoms with Crippen molar-refractivity contribution >= 4 is 34.6 Å². The highest BCUT2D eigenvalue weighted by atomic mass is 35.5. The Bertz CT molecular complexity index is 585. The standard InChI is InChI=1S/C12H9ClFNO2S/c13-10-7(2-1-3-8(10)14)6-17-12(16)11-9(15)4-5-18-11/h1-5H,6,15H2. The second kappa shape index (κ2) is 5.37. The second-order valence-corrected chi connectivity index (χ2v) is 4.79. The Morgan fingerprint density at radius 1 is 1.44 bits per heavy atom. The highest BCUT2D eigenvalue weighted by molar-refractivity contribution is 7.12. The molecule has 2 aromatic rings. The van der Waals surface area contributed by atoms with Crippen LogP contribution in [-0.4, -0.2) is 5.97 Å². The zero-order chi connectivity index (χ0) is 13.1. The van der Waals surface area contributed by atoms with Crippen LogP contribution in [0, 0.1) is 5.82 Å². The number of nitrogens with two attached hydrogens (primary N) is 1. The van der Waals surface area contributed by atoms with Gasteiger partial charge in [-0.2, -0.15) is 0 Å². The van der Waals surface area contributed by atoms with E-state index in [4.69, 9.17) is 22.1 Å². The molecule has 0 aliphatic heterocycles. The van der Waals surface area contributed by atoms with Gasteiger partial charge in [-0.15, -0.1) is 11.3 Å². The number of ether oxygens (including phenoxy) is 1. The van der Waals surface area contributed by atoms with Gasteiger partial charge >= 0.3 is 5.97 Å². The van der Waals surface area contributed by atoms with Gasteiger partial charge in [0.2, 0.25) is 0 Å². The molecule has 1 aromatic carbocycles. The predicted octanol–water partition coefficient (Wildman–Crippen LogP) is 3.48. The summed E-state index contributed by atoms with van der Waals surface area (Å²) in [5.41, 5.74) is 6.38. The number of anilines is 1. The molecule has 2 N–H and O–H groups in total. The zero-order valence-corrected chi connectivity index (χ0v) is 10.7. The van der Waals surface area contributed by atoms with E-state index in [1.165, 1.54) is 23.5 Å². The molecule has 0 saturated carbocycles. The van der Waals surface area contributed by atoms with Gasteiger partial charge < -0.3 is 10.5 Å². The predicted molar refractivity (Wildman–Crippen MR) is 69.3 cm³/mol. The van der Waals surface area contributed by atoms with Crippen LogP contribution < -0.4 is 5.73 Å². The number of hydrogen-bond acceptors (Lipinski definition) is 4. The number of hydrogen-bond donors (Lipinski definition) is 1. The molecule has 0 spiro atoms. The van der Waals surface area contributed by atoms with Crippen LogP contribution in [0.15, 0.2) is 29.6 Å². The molecule has 0 fully saturated rings. The van der Waals surface area contributed by atoms with Gasteiger partial charge in [0, 0.05) is 5.56 Å². The van der Waals surface area contributed by atoms with Crippen LogP contribution in [0.5, 0.6) is 0 Å². The Morgan fingerprint density at radius 3 is 2.89 bits per heavy atom. The van der Waals surface area contributed by atoms with Gasteiger partial charge in [0.15, 0.2) is 0 Å². The summed E-state index contributed by atoms with van der Waals surface area (Å²) < 4.78 is 18.2. The van der Waals surface area contributed by atoms with Crippen LogP contribution in [0.2, 0.25) is 5.02 Å². The number of nitrogen functional groups attached to an aromatic ring is 1. The fourth-order valence-corrected chi connectivity index (χ4v) is 2.24. The molecule has 1 heterocycles. The van der Waals surface area contributed by atoms with E-state index in [0.717, 1.165) is 0 Å². The number of benzene rings is 1. The van der Waals surface area contributed by atoms with Crippen LogP contribution in [0.3, 0.4) is 0 Å². The van der Waals surface area contributed by atoms with Crippen molar-refractivity contribution in [3.8, 4) is 0 Å². The number of halogens is 2. The lowest BCUT2D eigenvalue weighted by Crippen LogP contribution is -2.06. The maximum Gasteiger partial charge on any atom is 0.350 e. The van der Waals surface area contributed by atoms with Crippen molar-refractivity contribution in [2.75, 3.05) is 5.73 Å². The van der Waals surface area contributed by atoms with Gasteiger partial charge in [-0.25, -0.2) is 9.18 Å². The van der Waals surface area contributed by atoms with Crippen molar-refractivity contribution in [3.63, 3.8) is 0 Å². The van der Waals surface area contributed by atoms with E-state index in [-0.39, 0.29) is 11.6 Å². The van der Waals surface area contributed by atoms with Gasteiger partial charge in [0.05, 0.1) is 10.7 Å². The van der Waals surface area contributed by atoms with E-state index < -0.39 is 11.8 Å². The Kier molecular flexibility index (Phi) is 3.84. The third-order valence-corrected chi connectivity index (χ3v) is 3.60. The summed E-state index contributed by atoms with van der Waals surface area (Å²) in [6.45, 7) is -0.0905. The molecule has 18 heavy (non-hydrogen) atoms. The summed E-state index contributed by atoms with van der Waals surface area (Å²) >= 11 is 6.94. The van der Waals surface area contributed by atoms with Crippen LogP contribution in [-0.2, 0) is 11.3 Å². The van der Waals surface area contributed by atoms with Gasteiger partial charge in [-0.05, 0) is 17.5 Å². The lowest BCUT2D eigenvalue weighted by Gasteiger charge is -2.06. The molecule has 3 nitrogen and oxygen atoms in total. The largest absolute Gasteiger partial charge is 0.457 e. The number of rotatable bonds is 3. The van der Waals surface area contributed by atoms with Crippen LogP contribution in [0.1, 0.15) is 15.2 Å². The average Bonchev–Trinajstić information content (AvgIpc) is 2.77. The fraction of sp³-hybridized carbons (Fsp3) is 0.0833. The lowest BCUT2D eigenvalue weighted by atomic mass is 10.2. The maximum absolute atomic E-state index is 13.2. The maximum atomic E-state index is 13.2. The Labute approximate surface area is 112 Å². The first-order valence-corrected chi connectivity index (χ1v) is 6.28. The van der Waals surface area contributed by atoms with Crippen molar-refractivity contribution in [2.45, 2.75) is 6.61 Å². The van der Waals surface area contributed by atoms with Gasteiger partial charge in [-0.3, -0.25) is 0 Å². The van der Waals surface area contributed by atoms with Crippen molar-refractivity contribution in [2.24, 2.45) is 0 Å². The van der Waals surface area contributed by atoms with Gasteiger partial charge in [-0.1, -0.05) is 23.7 Å². The average molecular weight is 286 g/mol. The quantitative estimate of drug-likeness (QED) is 0.879. The minimum absolute atomic E-state index is 0.0375. The topological polar surface area (TPSA) is 52.3 Å². The molecule has 0 aliphatic rings. The molecule has 2 rings (SSSR count). The van der Waals surface area contributed by atoms with Crippen molar-refractivity contribution in [3.05, 3.63) is 50.9 Å². The second-order valence-electron chi connectivity index (χ2n) is 3.49. The minimum Gasteiger partial charge on any atom is -0.457 e. The smallest absolute Gasteiger partial charge is 0.350 e. The van der Waals surface area contributed by atoms with E-state index in [0.29, 0.717) is 16.1 Å². The minimum atomic E-state index is -0.541. The molecule has 6 heteroatoms. The van der Waals surface area contributed by atoms with Crippen LogP contribution in [0.25, 0.3) is 0 Å². The van der Waals surface area contributed by atoms with Crippen LogP contribution >= 0.6 is 22.9 Å². The first kappa shape index (κ1) is 12.9. The molecule has 94 valence electrons. The third-order valence-electron chi connectivity index (χ3n) is 2.27. The Balaban J connectivity index is 2.06. The molecule has 0 saturated heterocycles. The summed E-state index contributed by atoms with van der Waals surface area (Å²) in [6.07, 6.45) is 0. The molecular formula is C12H9ClFNO2S. The number of carbonyl (C=O) groups excluding carboxylic acids is 1. The molecule has 0 unspecified atom stereocenters. The van der Waals surface area contributed by atoms with Gasteiger partial charge in [0.25, 0.3) is 0 Å². The number of carbonyl (C=O) groups is 1. The molecule has 0 aliphatic carbocycles. The molecule has 0 amide bonds. The molecule has 0 radical (unpaired) electrons. The Morgan fingerprint density at radius 2 is 2.22 bits per heavy atom. The lowest BCUT2D eigenvalue weighted by molar-refractivity contribution is 0.0479. The SMILES string of the molecule is Nc1ccsc1C(=O)OCc1cccc(F)c1Cl. The van der Waals surface area contributed by atoms with Crippen molar-refractivity contribution in [1.82, 2.24) is 0 Å². The molecule has 0 bridgehead atoms.